The normalized spacial score (nSPS) is 11.4. The lowest BCUT2D eigenvalue weighted by Crippen LogP contribution is -2.14. The smallest absolute Gasteiger partial charge is 0.264 e. The molecule has 0 unspecified atom stereocenters. The second-order valence-electron chi connectivity index (χ2n) is 4.44. The van der Waals surface area contributed by atoms with E-state index in [1.165, 1.54) is 0 Å². The number of benzene rings is 2. The van der Waals surface area contributed by atoms with Gasteiger partial charge >= 0.3 is 0 Å². The summed E-state index contributed by atoms with van der Waals surface area (Å²) in [6, 6.07) is 8.44. The number of nitrogens with one attached hydrogen (secondary N) is 1. The molecule has 21 heavy (non-hydrogen) atoms. The van der Waals surface area contributed by atoms with Gasteiger partial charge in [-0.05, 0) is 74.7 Å². The third-order valence-electron chi connectivity index (χ3n) is 2.58. The number of nitrogen functional groups attached to an aromatic ring is 1. The van der Waals surface area contributed by atoms with Crippen LogP contribution in [0.2, 0.25) is 0 Å². The Balaban J connectivity index is 2.48. The highest BCUT2D eigenvalue weighted by Gasteiger charge is 2.22. The summed E-state index contributed by atoms with van der Waals surface area (Å²) in [4.78, 5) is 0.106. The summed E-state index contributed by atoms with van der Waals surface area (Å²) in [5.41, 5.74) is 7.57. The third kappa shape index (κ3) is 4.00. The number of halogens is 3. The first-order chi connectivity index (χ1) is 9.69. The molecule has 0 radical (unpaired) electrons. The minimum Gasteiger partial charge on any atom is -0.399 e. The van der Waals surface area contributed by atoms with Gasteiger partial charge in [-0.25, -0.2) is 8.42 Å². The van der Waals surface area contributed by atoms with E-state index in [2.05, 4.69) is 52.5 Å². The maximum Gasteiger partial charge on any atom is 0.264 e. The van der Waals surface area contributed by atoms with Crippen molar-refractivity contribution >= 4 is 69.2 Å². The van der Waals surface area contributed by atoms with Gasteiger partial charge in [0.25, 0.3) is 10.0 Å². The molecule has 0 spiro atoms. The molecule has 0 saturated carbocycles. The van der Waals surface area contributed by atoms with Gasteiger partial charge in [-0.2, -0.15) is 0 Å². The van der Waals surface area contributed by atoms with Crippen molar-refractivity contribution in [2.24, 2.45) is 0 Å². The Morgan fingerprint density at radius 2 is 1.57 bits per heavy atom. The molecule has 0 aliphatic rings. The van der Waals surface area contributed by atoms with Crippen LogP contribution in [0.4, 0.5) is 11.4 Å². The first kappa shape index (κ1) is 16.8. The summed E-state index contributed by atoms with van der Waals surface area (Å²) in [7, 11) is -3.75. The molecule has 0 amide bonds. The van der Waals surface area contributed by atoms with Crippen molar-refractivity contribution in [1.82, 2.24) is 0 Å². The van der Waals surface area contributed by atoms with Gasteiger partial charge < -0.3 is 5.73 Å². The SMILES string of the molecule is Cc1cc(Br)cc(NS(=O)(=O)c2c(Br)cc(N)cc2Br)c1. The van der Waals surface area contributed by atoms with E-state index in [4.69, 9.17) is 5.73 Å². The van der Waals surface area contributed by atoms with Crippen LogP contribution in [0, 0.1) is 6.92 Å². The minimum absolute atomic E-state index is 0.106. The maximum absolute atomic E-state index is 12.5. The topological polar surface area (TPSA) is 72.2 Å². The van der Waals surface area contributed by atoms with Crippen molar-refractivity contribution in [3.63, 3.8) is 0 Å². The van der Waals surface area contributed by atoms with Crippen molar-refractivity contribution < 1.29 is 8.42 Å². The van der Waals surface area contributed by atoms with Gasteiger partial charge in [0.1, 0.15) is 4.90 Å². The van der Waals surface area contributed by atoms with Crippen LogP contribution in [0.15, 0.2) is 48.6 Å². The minimum atomic E-state index is -3.75. The van der Waals surface area contributed by atoms with Crippen LogP contribution in [-0.4, -0.2) is 8.42 Å². The molecular weight excluding hydrogens is 488 g/mol. The lowest BCUT2D eigenvalue weighted by Gasteiger charge is -2.13. The largest absolute Gasteiger partial charge is 0.399 e. The van der Waals surface area contributed by atoms with E-state index in [-0.39, 0.29) is 4.90 Å². The van der Waals surface area contributed by atoms with Crippen molar-refractivity contribution in [3.8, 4) is 0 Å². The zero-order chi connectivity index (χ0) is 15.8. The van der Waals surface area contributed by atoms with Gasteiger partial charge in [-0.3, -0.25) is 4.72 Å². The lowest BCUT2D eigenvalue weighted by molar-refractivity contribution is 0.600. The number of nitrogens with two attached hydrogens (primary N) is 1. The van der Waals surface area contributed by atoms with E-state index in [1.54, 1.807) is 24.3 Å². The Morgan fingerprint density at radius 1 is 1.00 bits per heavy atom. The molecule has 2 rings (SSSR count). The Bertz CT molecular complexity index is 764. The monoisotopic (exact) mass is 496 g/mol. The first-order valence-corrected chi connectivity index (χ1v) is 9.60. The lowest BCUT2D eigenvalue weighted by atomic mass is 10.2. The number of rotatable bonds is 3. The number of sulfonamides is 1. The Morgan fingerprint density at radius 3 is 2.10 bits per heavy atom. The highest BCUT2D eigenvalue weighted by atomic mass is 79.9. The van der Waals surface area contributed by atoms with Crippen molar-refractivity contribution in [2.45, 2.75) is 11.8 Å². The molecule has 8 heteroatoms. The highest BCUT2D eigenvalue weighted by Crippen LogP contribution is 2.34. The summed E-state index contributed by atoms with van der Waals surface area (Å²) in [5.74, 6) is 0. The molecule has 4 nitrogen and oxygen atoms in total. The quantitative estimate of drug-likeness (QED) is 0.604. The van der Waals surface area contributed by atoms with E-state index in [9.17, 15) is 8.42 Å². The average molecular weight is 499 g/mol. The van der Waals surface area contributed by atoms with E-state index in [1.807, 2.05) is 13.0 Å². The van der Waals surface area contributed by atoms with Crippen LogP contribution < -0.4 is 10.5 Å². The van der Waals surface area contributed by atoms with Crippen molar-refractivity contribution in [3.05, 3.63) is 49.3 Å². The summed E-state index contributed by atoms with van der Waals surface area (Å²) < 4.78 is 29.3. The molecule has 0 aromatic heterocycles. The van der Waals surface area contributed by atoms with Crippen LogP contribution >= 0.6 is 47.8 Å². The summed E-state index contributed by atoms with van der Waals surface area (Å²) >= 11 is 9.82. The third-order valence-corrected chi connectivity index (χ3v) is 6.30. The zero-order valence-electron chi connectivity index (χ0n) is 10.8. The molecule has 112 valence electrons. The van der Waals surface area contributed by atoms with Gasteiger partial charge in [0, 0.05) is 19.1 Å². The van der Waals surface area contributed by atoms with Crippen LogP contribution in [0.3, 0.4) is 0 Å². The van der Waals surface area contributed by atoms with Gasteiger partial charge in [-0.15, -0.1) is 0 Å². The fourth-order valence-electron chi connectivity index (χ4n) is 1.84. The molecule has 2 aromatic carbocycles. The molecular formula is C13H11Br3N2O2S. The van der Waals surface area contributed by atoms with Crippen LogP contribution in [0.5, 0.6) is 0 Å². The number of hydrogen-bond acceptors (Lipinski definition) is 3. The summed E-state index contributed by atoms with van der Waals surface area (Å²) in [6.45, 7) is 1.89. The van der Waals surface area contributed by atoms with Gasteiger partial charge in [0.15, 0.2) is 0 Å². The molecule has 0 aliphatic carbocycles. The molecule has 0 saturated heterocycles. The zero-order valence-corrected chi connectivity index (χ0v) is 16.4. The highest BCUT2D eigenvalue weighted by molar-refractivity contribution is 9.11. The van der Waals surface area contributed by atoms with E-state index < -0.39 is 10.0 Å². The molecule has 2 aromatic rings. The Labute approximate surface area is 148 Å². The van der Waals surface area contributed by atoms with E-state index >= 15 is 0 Å². The summed E-state index contributed by atoms with van der Waals surface area (Å²) in [5, 5.41) is 0. The molecule has 0 atom stereocenters. The van der Waals surface area contributed by atoms with Crippen LogP contribution in [-0.2, 0) is 10.0 Å². The maximum atomic E-state index is 12.5. The van der Waals surface area contributed by atoms with E-state index in [0.717, 1.165) is 10.0 Å². The predicted octanol–water partition coefficient (Wildman–Crippen LogP) is 4.67. The first-order valence-electron chi connectivity index (χ1n) is 5.73. The molecule has 0 aliphatic heterocycles. The number of anilines is 2. The standard InChI is InChI=1S/C13H11Br3N2O2S/c1-7-2-8(14)4-10(3-7)18-21(19,20)13-11(15)5-9(17)6-12(13)16/h2-6,18H,17H2,1H3. The number of hydrogen-bond donors (Lipinski definition) is 2. The fourth-order valence-corrected chi connectivity index (χ4v) is 6.11. The molecule has 0 bridgehead atoms. The van der Waals surface area contributed by atoms with Gasteiger partial charge in [0.05, 0.1) is 5.69 Å². The second kappa shape index (κ2) is 6.28. The fraction of sp³-hybridized carbons (Fsp3) is 0.0769. The van der Waals surface area contributed by atoms with Crippen LogP contribution in [0.25, 0.3) is 0 Å². The molecule has 0 fully saturated rings. The Kier molecular flexibility index (Phi) is 5.02. The van der Waals surface area contributed by atoms with E-state index in [0.29, 0.717) is 20.3 Å². The molecule has 3 N–H and O–H groups in total. The van der Waals surface area contributed by atoms with Gasteiger partial charge in [0.2, 0.25) is 0 Å². The van der Waals surface area contributed by atoms with Gasteiger partial charge in [-0.1, -0.05) is 15.9 Å². The molecule has 0 heterocycles. The number of aryl methyl sites for hydroxylation is 1. The average Bonchev–Trinajstić information content (AvgIpc) is 2.23. The predicted molar refractivity (Wildman–Crippen MR) is 95.9 cm³/mol. The summed E-state index contributed by atoms with van der Waals surface area (Å²) in [6.07, 6.45) is 0. The Hall–Kier alpha value is -0.570. The van der Waals surface area contributed by atoms with Crippen LogP contribution in [0.1, 0.15) is 5.56 Å². The van der Waals surface area contributed by atoms with Crippen molar-refractivity contribution in [2.75, 3.05) is 10.5 Å². The second-order valence-corrected chi connectivity index (χ2v) is 8.68. The van der Waals surface area contributed by atoms with Crippen molar-refractivity contribution in [1.29, 1.82) is 0 Å².